The van der Waals surface area contributed by atoms with Crippen molar-refractivity contribution in [2.24, 2.45) is 0 Å². The number of hydrogen-bond acceptors (Lipinski definition) is 4. The second kappa shape index (κ2) is 9.64. The highest BCUT2D eigenvalue weighted by molar-refractivity contribution is 5.89. The van der Waals surface area contributed by atoms with Gasteiger partial charge in [-0.05, 0) is 31.3 Å². The number of halogens is 1. The molecule has 0 saturated heterocycles. The van der Waals surface area contributed by atoms with Gasteiger partial charge >= 0.3 is 5.97 Å². The Hall–Kier alpha value is -1.26. The van der Waals surface area contributed by atoms with Crippen LogP contribution >= 0.6 is 0 Å². The molecule has 0 saturated carbocycles. The molecule has 0 fully saturated rings. The molecule has 1 rings (SSSR count). The van der Waals surface area contributed by atoms with E-state index in [9.17, 15) is 4.79 Å². The van der Waals surface area contributed by atoms with Crippen LogP contribution in [0.25, 0.3) is 0 Å². The smallest absolute Gasteiger partial charge is 0.338 e. The number of rotatable bonds is 7. The summed E-state index contributed by atoms with van der Waals surface area (Å²) in [5, 5.41) is 0. The van der Waals surface area contributed by atoms with Crippen LogP contribution in [0.5, 0.6) is 5.75 Å². The van der Waals surface area contributed by atoms with Gasteiger partial charge < -0.3 is 26.8 Å². The Labute approximate surface area is 121 Å². The highest BCUT2D eigenvalue weighted by atomic mass is 35.5. The third-order valence-electron chi connectivity index (χ3n) is 2.84. The molecule has 1 aromatic carbocycles. The second-order valence-electron chi connectivity index (χ2n) is 3.89. The van der Waals surface area contributed by atoms with Crippen molar-refractivity contribution in [1.29, 1.82) is 0 Å². The lowest BCUT2D eigenvalue weighted by Crippen LogP contribution is -3.00. The first-order chi connectivity index (χ1) is 8.71. The van der Waals surface area contributed by atoms with E-state index >= 15 is 0 Å². The van der Waals surface area contributed by atoms with Gasteiger partial charge in [0.25, 0.3) is 0 Å². The zero-order valence-electron chi connectivity index (χ0n) is 11.7. The van der Waals surface area contributed by atoms with Crippen LogP contribution in [0.4, 0.5) is 0 Å². The Kier molecular flexibility index (Phi) is 9.00. The zero-order chi connectivity index (χ0) is 13.4. The predicted octanol–water partition coefficient (Wildman–Crippen LogP) is -0.802. The van der Waals surface area contributed by atoms with Crippen LogP contribution in [0, 0.1) is 0 Å². The van der Waals surface area contributed by atoms with Crippen LogP contribution < -0.4 is 17.1 Å². The Bertz CT molecular complexity index is 381. The van der Waals surface area contributed by atoms with E-state index in [4.69, 9.17) is 9.47 Å². The Morgan fingerprint density at radius 2 is 1.95 bits per heavy atom. The first-order valence-electron chi connectivity index (χ1n) is 6.24. The minimum atomic E-state index is -0.305. The SMILES string of the molecule is CCN(CC)CCOC(=O)c1cccc(OC)c1.[Cl-]. The number of esters is 1. The average molecular weight is 287 g/mol. The van der Waals surface area contributed by atoms with Crippen molar-refractivity contribution in [3.8, 4) is 5.75 Å². The molecule has 0 unspecified atom stereocenters. The lowest BCUT2D eigenvalue weighted by atomic mass is 10.2. The van der Waals surface area contributed by atoms with E-state index in [0.29, 0.717) is 17.9 Å². The number of carbonyl (C=O) groups is 1. The molecule has 0 atom stereocenters. The number of nitrogens with zero attached hydrogens (tertiary/aromatic N) is 1. The number of methoxy groups -OCH3 is 1. The number of benzene rings is 1. The van der Waals surface area contributed by atoms with Gasteiger partial charge in [0.05, 0.1) is 12.7 Å². The highest BCUT2D eigenvalue weighted by Crippen LogP contribution is 2.13. The summed E-state index contributed by atoms with van der Waals surface area (Å²) >= 11 is 0. The molecule has 0 amide bonds. The highest BCUT2D eigenvalue weighted by Gasteiger charge is 2.08. The lowest BCUT2D eigenvalue weighted by molar-refractivity contribution is -0.0000228. The Balaban J connectivity index is 0.00000324. The van der Waals surface area contributed by atoms with Crippen LogP contribution in [0.3, 0.4) is 0 Å². The summed E-state index contributed by atoms with van der Waals surface area (Å²) in [6.45, 7) is 7.29. The van der Waals surface area contributed by atoms with Gasteiger partial charge in [0.2, 0.25) is 0 Å². The first kappa shape index (κ1) is 17.7. The van der Waals surface area contributed by atoms with E-state index in [2.05, 4.69) is 18.7 Å². The van der Waals surface area contributed by atoms with Crippen molar-refractivity contribution in [3.63, 3.8) is 0 Å². The zero-order valence-corrected chi connectivity index (χ0v) is 12.4. The van der Waals surface area contributed by atoms with Gasteiger partial charge in [-0.25, -0.2) is 4.79 Å². The van der Waals surface area contributed by atoms with Crippen molar-refractivity contribution in [2.45, 2.75) is 13.8 Å². The molecule has 0 aliphatic heterocycles. The molecule has 0 aliphatic rings. The molecule has 108 valence electrons. The van der Waals surface area contributed by atoms with Gasteiger partial charge in [-0.3, -0.25) is 0 Å². The topological polar surface area (TPSA) is 38.8 Å². The molecule has 4 nitrogen and oxygen atoms in total. The summed E-state index contributed by atoms with van der Waals surface area (Å²) in [5.41, 5.74) is 0.522. The number of hydrogen-bond donors (Lipinski definition) is 0. The predicted molar refractivity (Wildman–Crippen MR) is 71.1 cm³/mol. The standard InChI is InChI=1S/C14H21NO3.ClH/c1-4-15(5-2)9-10-18-14(16)12-7-6-8-13(11-12)17-3;/h6-8,11H,4-5,9-10H2,1-3H3;1H/p-1. The van der Waals surface area contributed by atoms with E-state index in [0.717, 1.165) is 19.6 Å². The molecule has 0 N–H and O–H groups in total. The van der Waals surface area contributed by atoms with Crippen molar-refractivity contribution in [3.05, 3.63) is 29.8 Å². The Morgan fingerprint density at radius 3 is 2.53 bits per heavy atom. The molecule has 0 radical (unpaired) electrons. The van der Waals surface area contributed by atoms with Gasteiger partial charge in [-0.2, -0.15) is 0 Å². The summed E-state index contributed by atoms with van der Waals surface area (Å²) in [7, 11) is 1.57. The number of ether oxygens (including phenoxy) is 2. The summed E-state index contributed by atoms with van der Waals surface area (Å²) in [5.74, 6) is 0.356. The number of carbonyl (C=O) groups excluding carboxylic acids is 1. The first-order valence-corrected chi connectivity index (χ1v) is 6.24. The van der Waals surface area contributed by atoms with Crippen molar-refractivity contribution in [1.82, 2.24) is 4.90 Å². The number of likely N-dealkylation sites (N-methyl/N-ethyl adjacent to an activating group) is 1. The monoisotopic (exact) mass is 286 g/mol. The lowest BCUT2D eigenvalue weighted by Gasteiger charge is -2.17. The molecule has 1 aromatic rings. The van der Waals surface area contributed by atoms with Crippen molar-refractivity contribution < 1.29 is 26.7 Å². The van der Waals surface area contributed by atoms with E-state index in [1.807, 2.05) is 0 Å². The third kappa shape index (κ3) is 5.94. The van der Waals surface area contributed by atoms with E-state index in [1.54, 1.807) is 31.4 Å². The molecule has 0 heterocycles. The minimum Gasteiger partial charge on any atom is -1.00 e. The van der Waals surface area contributed by atoms with Crippen LogP contribution in [-0.2, 0) is 4.74 Å². The normalized spacial score (nSPS) is 9.89. The molecule has 19 heavy (non-hydrogen) atoms. The minimum absolute atomic E-state index is 0. The fraction of sp³-hybridized carbons (Fsp3) is 0.500. The largest absolute Gasteiger partial charge is 1.00 e. The quantitative estimate of drug-likeness (QED) is 0.615. The second-order valence-corrected chi connectivity index (χ2v) is 3.89. The van der Waals surface area contributed by atoms with Crippen molar-refractivity contribution in [2.75, 3.05) is 33.4 Å². The summed E-state index contributed by atoms with van der Waals surface area (Å²) in [6, 6.07) is 6.98. The average Bonchev–Trinajstić information content (AvgIpc) is 2.43. The van der Waals surface area contributed by atoms with Crippen LogP contribution in [0.1, 0.15) is 24.2 Å². The van der Waals surface area contributed by atoms with Crippen LogP contribution in [-0.4, -0.2) is 44.2 Å². The molecule has 0 bridgehead atoms. The molecule has 5 heteroatoms. The van der Waals surface area contributed by atoms with Gasteiger partial charge in [-0.1, -0.05) is 19.9 Å². The summed E-state index contributed by atoms with van der Waals surface area (Å²) in [6.07, 6.45) is 0. The van der Waals surface area contributed by atoms with Gasteiger partial charge in [-0.15, -0.1) is 0 Å². The Morgan fingerprint density at radius 1 is 1.26 bits per heavy atom. The third-order valence-corrected chi connectivity index (χ3v) is 2.84. The maximum Gasteiger partial charge on any atom is 0.338 e. The fourth-order valence-electron chi connectivity index (χ4n) is 1.64. The van der Waals surface area contributed by atoms with Gasteiger partial charge in [0.1, 0.15) is 12.4 Å². The maximum atomic E-state index is 11.8. The van der Waals surface area contributed by atoms with Crippen LogP contribution in [0.15, 0.2) is 24.3 Å². The molecule has 0 aliphatic carbocycles. The van der Waals surface area contributed by atoms with Gasteiger partial charge in [0.15, 0.2) is 0 Å². The maximum absolute atomic E-state index is 11.8. The van der Waals surface area contributed by atoms with E-state index < -0.39 is 0 Å². The van der Waals surface area contributed by atoms with Gasteiger partial charge in [0, 0.05) is 6.54 Å². The summed E-state index contributed by atoms with van der Waals surface area (Å²) in [4.78, 5) is 14.0. The van der Waals surface area contributed by atoms with Crippen LogP contribution in [0.2, 0.25) is 0 Å². The molecule has 0 spiro atoms. The molecular weight excluding hydrogens is 266 g/mol. The van der Waals surface area contributed by atoms with Crippen molar-refractivity contribution >= 4 is 5.97 Å². The van der Waals surface area contributed by atoms with E-state index in [-0.39, 0.29) is 18.4 Å². The summed E-state index contributed by atoms with van der Waals surface area (Å²) < 4.78 is 10.3. The van der Waals surface area contributed by atoms with E-state index in [1.165, 1.54) is 0 Å². The molecular formula is C14H21ClNO3-. The fourth-order valence-corrected chi connectivity index (χ4v) is 1.64. The molecule has 0 aromatic heterocycles.